The van der Waals surface area contributed by atoms with E-state index in [2.05, 4.69) is 39.1 Å². The second kappa shape index (κ2) is 6.20. The van der Waals surface area contributed by atoms with Crippen molar-refractivity contribution < 1.29 is 4.74 Å². The van der Waals surface area contributed by atoms with Gasteiger partial charge in [0, 0.05) is 32.0 Å². The zero-order chi connectivity index (χ0) is 13.8. The van der Waals surface area contributed by atoms with E-state index >= 15 is 0 Å². The topological polar surface area (TPSA) is 38.3 Å². The molecule has 1 unspecified atom stereocenters. The van der Waals surface area contributed by atoms with Gasteiger partial charge in [0.1, 0.15) is 6.10 Å². The molecule has 2 aromatic rings. The van der Waals surface area contributed by atoms with Crippen LogP contribution in [0.1, 0.15) is 12.0 Å². The smallest absolute Gasteiger partial charge is 0.252 e. The number of benzene rings is 1. The molecule has 0 radical (unpaired) electrons. The normalized spacial score (nSPS) is 19.1. The van der Waals surface area contributed by atoms with E-state index in [-0.39, 0.29) is 6.10 Å². The Balaban J connectivity index is 1.56. The van der Waals surface area contributed by atoms with E-state index < -0.39 is 0 Å². The molecule has 20 heavy (non-hydrogen) atoms. The summed E-state index contributed by atoms with van der Waals surface area (Å²) in [7, 11) is 0. The summed E-state index contributed by atoms with van der Waals surface area (Å²) in [4.78, 5) is 10.5. The molecule has 1 aliphatic rings. The standard InChI is InChI=1S/C15H16ClN3O/c16-14-15(18-8-7-17-14)20-13-6-9-19(11-13)10-12-4-2-1-3-5-12/h1-5,7-8,13H,6,9-11H2. The number of aromatic nitrogens is 2. The van der Waals surface area contributed by atoms with Gasteiger partial charge in [0.15, 0.2) is 5.15 Å². The van der Waals surface area contributed by atoms with E-state index in [0.29, 0.717) is 11.0 Å². The van der Waals surface area contributed by atoms with Gasteiger partial charge in [-0.25, -0.2) is 9.97 Å². The fraction of sp³-hybridized carbons (Fsp3) is 0.333. The molecule has 5 heteroatoms. The lowest BCUT2D eigenvalue weighted by Gasteiger charge is -2.16. The first-order chi connectivity index (χ1) is 9.81. The summed E-state index contributed by atoms with van der Waals surface area (Å²) in [6.07, 6.45) is 4.27. The fourth-order valence-corrected chi connectivity index (χ4v) is 2.57. The van der Waals surface area contributed by atoms with Gasteiger partial charge >= 0.3 is 0 Å². The van der Waals surface area contributed by atoms with E-state index in [9.17, 15) is 0 Å². The first-order valence-corrected chi connectivity index (χ1v) is 7.08. The van der Waals surface area contributed by atoms with Gasteiger partial charge in [-0.1, -0.05) is 41.9 Å². The Bertz CT molecular complexity index is 564. The number of hydrogen-bond acceptors (Lipinski definition) is 4. The van der Waals surface area contributed by atoms with E-state index in [4.69, 9.17) is 16.3 Å². The maximum absolute atomic E-state index is 5.96. The zero-order valence-corrected chi connectivity index (χ0v) is 11.8. The number of ether oxygens (including phenoxy) is 1. The Morgan fingerprint density at radius 3 is 2.80 bits per heavy atom. The first kappa shape index (κ1) is 13.3. The van der Waals surface area contributed by atoms with Crippen molar-refractivity contribution in [2.75, 3.05) is 13.1 Å². The third-order valence-corrected chi connectivity index (χ3v) is 3.64. The van der Waals surface area contributed by atoms with Crippen LogP contribution in [0.5, 0.6) is 5.88 Å². The maximum Gasteiger partial charge on any atom is 0.252 e. The molecule has 1 fully saturated rings. The Hall–Kier alpha value is -1.65. The number of rotatable bonds is 4. The highest BCUT2D eigenvalue weighted by molar-refractivity contribution is 6.30. The van der Waals surface area contributed by atoms with Gasteiger partial charge in [-0.15, -0.1) is 0 Å². The van der Waals surface area contributed by atoms with Crippen molar-refractivity contribution in [3.63, 3.8) is 0 Å². The lowest BCUT2D eigenvalue weighted by Crippen LogP contribution is -2.24. The SMILES string of the molecule is Clc1nccnc1OC1CCN(Cc2ccccc2)C1. The molecule has 0 spiro atoms. The van der Waals surface area contributed by atoms with Crippen LogP contribution in [0.3, 0.4) is 0 Å². The highest BCUT2D eigenvalue weighted by Gasteiger charge is 2.25. The fourth-order valence-electron chi connectivity index (χ4n) is 2.42. The van der Waals surface area contributed by atoms with Gasteiger partial charge in [-0.3, -0.25) is 4.90 Å². The Morgan fingerprint density at radius 2 is 2.00 bits per heavy atom. The lowest BCUT2D eigenvalue weighted by atomic mass is 10.2. The molecule has 1 saturated heterocycles. The first-order valence-electron chi connectivity index (χ1n) is 6.71. The van der Waals surface area contributed by atoms with Crippen LogP contribution in [0, 0.1) is 0 Å². The predicted octanol–water partition coefficient (Wildman–Crippen LogP) is 2.78. The second-order valence-electron chi connectivity index (χ2n) is 4.90. The van der Waals surface area contributed by atoms with Gasteiger partial charge in [0.2, 0.25) is 0 Å². The summed E-state index contributed by atoms with van der Waals surface area (Å²) < 4.78 is 5.83. The highest BCUT2D eigenvalue weighted by Crippen LogP contribution is 2.22. The van der Waals surface area contributed by atoms with Gasteiger partial charge in [0.05, 0.1) is 0 Å². The summed E-state index contributed by atoms with van der Waals surface area (Å²) in [6, 6.07) is 10.5. The van der Waals surface area contributed by atoms with Crippen LogP contribution < -0.4 is 4.74 Å². The average Bonchev–Trinajstić information content (AvgIpc) is 2.90. The third kappa shape index (κ3) is 3.26. The number of halogens is 1. The van der Waals surface area contributed by atoms with E-state index in [0.717, 1.165) is 26.1 Å². The summed E-state index contributed by atoms with van der Waals surface area (Å²) in [6.45, 7) is 2.87. The van der Waals surface area contributed by atoms with Crippen molar-refractivity contribution in [3.05, 3.63) is 53.4 Å². The van der Waals surface area contributed by atoms with E-state index in [1.54, 1.807) is 12.4 Å². The van der Waals surface area contributed by atoms with Gasteiger partial charge in [-0.05, 0) is 12.0 Å². The zero-order valence-electron chi connectivity index (χ0n) is 11.1. The van der Waals surface area contributed by atoms with Crippen molar-refractivity contribution in [3.8, 4) is 5.88 Å². The molecular formula is C15H16ClN3O. The van der Waals surface area contributed by atoms with Crippen LogP contribution in [-0.4, -0.2) is 34.1 Å². The Kier molecular flexibility index (Phi) is 4.14. The predicted molar refractivity (Wildman–Crippen MR) is 77.8 cm³/mol. The summed E-state index contributed by atoms with van der Waals surface area (Å²) in [5.41, 5.74) is 1.32. The van der Waals surface area contributed by atoms with Crippen molar-refractivity contribution in [1.29, 1.82) is 0 Å². The molecule has 0 amide bonds. The second-order valence-corrected chi connectivity index (χ2v) is 5.26. The minimum Gasteiger partial charge on any atom is -0.471 e. The van der Waals surface area contributed by atoms with Gasteiger partial charge in [-0.2, -0.15) is 0 Å². The van der Waals surface area contributed by atoms with Gasteiger partial charge in [0.25, 0.3) is 5.88 Å². The van der Waals surface area contributed by atoms with Crippen LogP contribution in [0.4, 0.5) is 0 Å². The Labute approximate surface area is 123 Å². The molecule has 0 saturated carbocycles. The lowest BCUT2D eigenvalue weighted by molar-refractivity contribution is 0.190. The minimum absolute atomic E-state index is 0.132. The van der Waals surface area contributed by atoms with Gasteiger partial charge < -0.3 is 4.74 Å². The highest BCUT2D eigenvalue weighted by atomic mass is 35.5. The molecule has 1 atom stereocenters. The van der Waals surface area contributed by atoms with Crippen molar-refractivity contribution in [1.82, 2.24) is 14.9 Å². The van der Waals surface area contributed by atoms with Crippen LogP contribution >= 0.6 is 11.6 Å². The quantitative estimate of drug-likeness (QED) is 0.867. The van der Waals surface area contributed by atoms with Crippen LogP contribution in [0.25, 0.3) is 0 Å². The van der Waals surface area contributed by atoms with E-state index in [1.807, 2.05) is 6.07 Å². The molecule has 0 N–H and O–H groups in total. The van der Waals surface area contributed by atoms with Crippen molar-refractivity contribution >= 4 is 11.6 Å². The molecule has 0 bridgehead atoms. The molecule has 0 aliphatic carbocycles. The molecule has 1 aromatic carbocycles. The molecule has 3 rings (SSSR count). The monoisotopic (exact) mass is 289 g/mol. The Morgan fingerprint density at radius 1 is 1.20 bits per heavy atom. The molecule has 1 aromatic heterocycles. The maximum atomic E-state index is 5.96. The molecule has 2 heterocycles. The van der Waals surface area contributed by atoms with Crippen LogP contribution in [-0.2, 0) is 6.54 Å². The molecule has 1 aliphatic heterocycles. The third-order valence-electron chi connectivity index (χ3n) is 3.38. The van der Waals surface area contributed by atoms with Crippen molar-refractivity contribution in [2.45, 2.75) is 19.1 Å². The van der Waals surface area contributed by atoms with Crippen LogP contribution in [0.2, 0.25) is 5.15 Å². The summed E-state index contributed by atoms with van der Waals surface area (Å²) in [5, 5.41) is 0.328. The molecular weight excluding hydrogens is 274 g/mol. The summed E-state index contributed by atoms with van der Waals surface area (Å²) >= 11 is 5.96. The summed E-state index contributed by atoms with van der Waals surface area (Å²) in [5.74, 6) is 0.431. The largest absolute Gasteiger partial charge is 0.471 e. The number of nitrogens with zero attached hydrogens (tertiary/aromatic N) is 3. The molecule has 104 valence electrons. The average molecular weight is 290 g/mol. The number of hydrogen-bond donors (Lipinski definition) is 0. The minimum atomic E-state index is 0.132. The van der Waals surface area contributed by atoms with E-state index in [1.165, 1.54) is 5.56 Å². The number of likely N-dealkylation sites (tertiary alicyclic amines) is 1. The van der Waals surface area contributed by atoms with Crippen molar-refractivity contribution in [2.24, 2.45) is 0 Å². The van der Waals surface area contributed by atoms with Crippen LogP contribution in [0.15, 0.2) is 42.7 Å². The molecule has 4 nitrogen and oxygen atoms in total.